The van der Waals surface area contributed by atoms with Crippen molar-refractivity contribution in [1.82, 2.24) is 19.4 Å². The van der Waals surface area contributed by atoms with E-state index in [1.54, 1.807) is 0 Å². The maximum absolute atomic E-state index is 13.0. The van der Waals surface area contributed by atoms with E-state index in [1.807, 2.05) is 31.0 Å². The van der Waals surface area contributed by atoms with Gasteiger partial charge in [0.15, 0.2) is 0 Å². The van der Waals surface area contributed by atoms with E-state index in [2.05, 4.69) is 65.6 Å². The number of likely N-dealkylation sites (N-methyl/N-ethyl adjacent to an activating group) is 1. The maximum atomic E-state index is 13.0. The molecule has 1 aliphatic rings. The Morgan fingerprint density at radius 3 is 2.57 bits per heavy atom. The maximum Gasteiger partial charge on any atom is 0.253 e. The smallest absolute Gasteiger partial charge is 0.253 e. The molecule has 1 aromatic heterocycles. The standard InChI is InChI=1S/C25H32N4O/c1-17(2)28-13-12-22(16-28)27(5)25(30)21-9-7-20(8-10-21)15-29-19(4)26-23-11-6-18(3)14-24(23)29/h6-11,14,17,22H,12-13,15-16H2,1-5H3/t22-/m1/s1. The number of imidazole rings is 1. The lowest BCUT2D eigenvalue weighted by Crippen LogP contribution is -2.40. The van der Waals surface area contributed by atoms with E-state index in [4.69, 9.17) is 0 Å². The van der Waals surface area contributed by atoms with Gasteiger partial charge in [-0.25, -0.2) is 4.98 Å². The van der Waals surface area contributed by atoms with Gasteiger partial charge in [-0.2, -0.15) is 0 Å². The fourth-order valence-electron chi connectivity index (χ4n) is 4.41. The average molecular weight is 405 g/mol. The van der Waals surface area contributed by atoms with Gasteiger partial charge >= 0.3 is 0 Å². The number of aromatic nitrogens is 2. The molecule has 0 radical (unpaired) electrons. The molecule has 5 nitrogen and oxygen atoms in total. The van der Waals surface area contributed by atoms with Crippen molar-refractivity contribution in [1.29, 1.82) is 0 Å². The number of fused-ring (bicyclic) bond motifs is 1. The predicted octanol–water partition coefficient (Wildman–Crippen LogP) is 4.26. The Balaban J connectivity index is 1.48. The molecule has 0 aliphatic carbocycles. The normalized spacial score (nSPS) is 17.2. The minimum atomic E-state index is 0.108. The lowest BCUT2D eigenvalue weighted by Gasteiger charge is -2.26. The van der Waals surface area contributed by atoms with Gasteiger partial charge < -0.3 is 9.47 Å². The molecule has 0 N–H and O–H groups in total. The highest BCUT2D eigenvalue weighted by atomic mass is 16.2. The van der Waals surface area contributed by atoms with Crippen molar-refractivity contribution in [2.75, 3.05) is 20.1 Å². The van der Waals surface area contributed by atoms with Crippen LogP contribution in [0.3, 0.4) is 0 Å². The van der Waals surface area contributed by atoms with Crippen molar-refractivity contribution in [3.63, 3.8) is 0 Å². The first kappa shape index (κ1) is 20.6. The predicted molar refractivity (Wildman–Crippen MR) is 122 cm³/mol. The van der Waals surface area contributed by atoms with E-state index >= 15 is 0 Å². The summed E-state index contributed by atoms with van der Waals surface area (Å²) in [6.45, 7) is 11.4. The average Bonchev–Trinajstić information content (AvgIpc) is 3.33. The van der Waals surface area contributed by atoms with Crippen LogP contribution >= 0.6 is 0 Å². The molecule has 0 spiro atoms. The Labute approximate surface area is 179 Å². The molecule has 2 aromatic carbocycles. The first-order chi connectivity index (χ1) is 14.3. The Bertz CT molecular complexity index is 1050. The van der Waals surface area contributed by atoms with Gasteiger partial charge in [-0.15, -0.1) is 0 Å². The number of carbonyl (C=O) groups excluding carboxylic acids is 1. The summed E-state index contributed by atoms with van der Waals surface area (Å²) in [5.74, 6) is 1.11. The number of benzene rings is 2. The van der Waals surface area contributed by atoms with Gasteiger partial charge in [-0.3, -0.25) is 9.69 Å². The zero-order valence-corrected chi connectivity index (χ0v) is 18.7. The molecule has 1 aliphatic heterocycles. The van der Waals surface area contributed by atoms with Crippen LogP contribution in [0.1, 0.15) is 47.6 Å². The fourth-order valence-corrected chi connectivity index (χ4v) is 4.41. The van der Waals surface area contributed by atoms with E-state index in [-0.39, 0.29) is 5.91 Å². The van der Waals surface area contributed by atoms with Crippen LogP contribution in [0.4, 0.5) is 0 Å². The molecule has 0 unspecified atom stereocenters. The zero-order valence-electron chi connectivity index (χ0n) is 18.7. The van der Waals surface area contributed by atoms with Crippen molar-refractivity contribution in [3.05, 3.63) is 65.0 Å². The molecule has 1 atom stereocenters. The number of amides is 1. The molecule has 1 fully saturated rings. The number of likely N-dealkylation sites (tertiary alicyclic amines) is 1. The number of carbonyl (C=O) groups is 1. The van der Waals surface area contributed by atoms with Crippen LogP contribution in [0.25, 0.3) is 11.0 Å². The molecule has 1 saturated heterocycles. The summed E-state index contributed by atoms with van der Waals surface area (Å²) < 4.78 is 2.24. The molecule has 5 heteroatoms. The number of nitrogens with zero attached hydrogens (tertiary/aromatic N) is 4. The molecule has 3 aromatic rings. The highest BCUT2D eigenvalue weighted by Crippen LogP contribution is 2.21. The van der Waals surface area contributed by atoms with Crippen LogP contribution in [0.5, 0.6) is 0 Å². The van der Waals surface area contributed by atoms with Gasteiger partial charge in [0.1, 0.15) is 5.82 Å². The summed E-state index contributed by atoms with van der Waals surface area (Å²) in [6.07, 6.45) is 1.05. The van der Waals surface area contributed by atoms with Gasteiger partial charge in [-0.1, -0.05) is 18.2 Å². The summed E-state index contributed by atoms with van der Waals surface area (Å²) in [5.41, 5.74) is 5.34. The van der Waals surface area contributed by atoms with Crippen LogP contribution in [0, 0.1) is 13.8 Å². The second kappa shape index (κ2) is 8.23. The lowest BCUT2D eigenvalue weighted by molar-refractivity contribution is 0.0732. The third kappa shape index (κ3) is 3.99. The molecular weight excluding hydrogens is 372 g/mol. The van der Waals surface area contributed by atoms with Gasteiger partial charge in [0.05, 0.1) is 11.0 Å². The van der Waals surface area contributed by atoms with Crippen molar-refractivity contribution in [3.8, 4) is 0 Å². The molecule has 0 saturated carbocycles. The largest absolute Gasteiger partial charge is 0.337 e. The van der Waals surface area contributed by atoms with Crippen molar-refractivity contribution >= 4 is 16.9 Å². The quantitative estimate of drug-likeness (QED) is 0.638. The van der Waals surface area contributed by atoms with Crippen molar-refractivity contribution < 1.29 is 4.79 Å². The second-order valence-corrected chi connectivity index (χ2v) is 8.88. The lowest BCUT2D eigenvalue weighted by atomic mass is 10.1. The highest BCUT2D eigenvalue weighted by molar-refractivity contribution is 5.94. The van der Waals surface area contributed by atoms with E-state index in [1.165, 1.54) is 11.1 Å². The highest BCUT2D eigenvalue weighted by Gasteiger charge is 2.29. The Hall–Kier alpha value is -2.66. The Morgan fingerprint density at radius 1 is 1.17 bits per heavy atom. The van der Waals surface area contributed by atoms with E-state index < -0.39 is 0 Å². The zero-order chi connectivity index (χ0) is 21.4. The summed E-state index contributed by atoms with van der Waals surface area (Å²) >= 11 is 0. The number of hydrogen-bond acceptors (Lipinski definition) is 3. The summed E-state index contributed by atoms with van der Waals surface area (Å²) in [4.78, 5) is 22.0. The van der Waals surface area contributed by atoms with Crippen LogP contribution in [0.15, 0.2) is 42.5 Å². The Morgan fingerprint density at radius 2 is 1.90 bits per heavy atom. The van der Waals surface area contributed by atoms with Gasteiger partial charge in [-0.05, 0) is 69.5 Å². The Kier molecular flexibility index (Phi) is 5.65. The monoisotopic (exact) mass is 404 g/mol. The van der Waals surface area contributed by atoms with Crippen molar-refractivity contribution in [2.24, 2.45) is 0 Å². The minimum Gasteiger partial charge on any atom is -0.337 e. The molecular formula is C25H32N4O. The van der Waals surface area contributed by atoms with E-state index in [9.17, 15) is 4.79 Å². The third-order valence-electron chi connectivity index (χ3n) is 6.43. The first-order valence-corrected chi connectivity index (χ1v) is 10.9. The summed E-state index contributed by atoms with van der Waals surface area (Å²) in [5, 5.41) is 0. The topological polar surface area (TPSA) is 41.4 Å². The molecule has 158 valence electrons. The third-order valence-corrected chi connectivity index (χ3v) is 6.43. The number of hydrogen-bond donors (Lipinski definition) is 0. The van der Waals surface area contributed by atoms with Gasteiger partial charge in [0.25, 0.3) is 5.91 Å². The van der Waals surface area contributed by atoms with Crippen LogP contribution in [0.2, 0.25) is 0 Å². The summed E-state index contributed by atoms with van der Waals surface area (Å²) in [6, 6.07) is 15.2. The molecule has 30 heavy (non-hydrogen) atoms. The SMILES string of the molecule is Cc1ccc2nc(C)n(Cc3ccc(C(=O)N(C)[C@@H]4CCN(C(C)C)C4)cc3)c2c1. The minimum absolute atomic E-state index is 0.108. The van der Waals surface area contributed by atoms with E-state index in [0.717, 1.165) is 48.5 Å². The molecule has 0 bridgehead atoms. The first-order valence-electron chi connectivity index (χ1n) is 10.9. The van der Waals surface area contributed by atoms with Crippen LogP contribution in [-0.2, 0) is 6.54 Å². The second-order valence-electron chi connectivity index (χ2n) is 8.88. The number of aryl methyl sites for hydroxylation is 2. The summed E-state index contributed by atoms with van der Waals surface area (Å²) in [7, 11) is 1.94. The van der Waals surface area contributed by atoms with Gasteiger partial charge in [0.2, 0.25) is 0 Å². The molecule has 4 rings (SSSR count). The fraction of sp³-hybridized carbons (Fsp3) is 0.440. The van der Waals surface area contributed by atoms with Crippen molar-refractivity contribution in [2.45, 2.75) is 52.7 Å². The molecule has 1 amide bonds. The van der Waals surface area contributed by atoms with Crippen LogP contribution in [-0.4, -0.2) is 57.5 Å². The number of rotatable bonds is 5. The molecule has 2 heterocycles. The van der Waals surface area contributed by atoms with Crippen LogP contribution < -0.4 is 0 Å². The van der Waals surface area contributed by atoms with E-state index in [0.29, 0.717) is 12.1 Å². The van der Waals surface area contributed by atoms with Gasteiger partial charge in [0, 0.05) is 44.3 Å².